The number of carbonyl (C=O) groups is 1. The molecule has 3 rings (SSSR count). The molecule has 0 spiro atoms. The third kappa shape index (κ3) is 2.58. The molecule has 1 amide bonds. The molecule has 106 valence electrons. The number of methoxy groups -OCH3 is 1. The first-order valence-corrected chi connectivity index (χ1v) is 6.62. The zero-order valence-electron chi connectivity index (χ0n) is 11.6. The van der Waals surface area contributed by atoms with Crippen LogP contribution in [0.15, 0.2) is 48.8 Å². The normalized spacial score (nSPS) is 10.5. The molecule has 0 unspecified atom stereocenters. The second-order valence-electron chi connectivity index (χ2n) is 4.60. The van der Waals surface area contributed by atoms with Gasteiger partial charge in [0.25, 0.3) is 5.91 Å². The molecule has 0 aliphatic carbocycles. The number of hydrogen-bond donors (Lipinski definition) is 2. The predicted molar refractivity (Wildman–Crippen MR) is 80.3 cm³/mol. The summed E-state index contributed by atoms with van der Waals surface area (Å²) in [5.41, 5.74) is 3.04. The minimum Gasteiger partial charge on any atom is -0.496 e. The zero-order valence-corrected chi connectivity index (χ0v) is 11.6. The Morgan fingerprint density at radius 3 is 2.95 bits per heavy atom. The fraction of sp³-hybridized carbons (Fsp3) is 0.125. The summed E-state index contributed by atoms with van der Waals surface area (Å²) in [5.74, 6) is 0.619. The SMILES string of the molecule is COc1ccccc1CNC(=O)c1cccc2nc[nH]c12. The zero-order chi connectivity index (χ0) is 14.7. The van der Waals surface area contributed by atoms with Gasteiger partial charge < -0.3 is 15.0 Å². The molecule has 0 aliphatic rings. The number of amides is 1. The van der Waals surface area contributed by atoms with Crippen molar-refractivity contribution >= 4 is 16.9 Å². The van der Waals surface area contributed by atoms with E-state index in [4.69, 9.17) is 4.74 Å². The number of carbonyl (C=O) groups excluding carboxylic acids is 1. The summed E-state index contributed by atoms with van der Waals surface area (Å²) in [6.45, 7) is 0.410. The summed E-state index contributed by atoms with van der Waals surface area (Å²) in [6.07, 6.45) is 1.58. The molecule has 0 atom stereocenters. The number of hydrogen-bond acceptors (Lipinski definition) is 3. The van der Waals surface area contributed by atoms with Crippen LogP contribution >= 0.6 is 0 Å². The van der Waals surface area contributed by atoms with Crippen LogP contribution in [0.5, 0.6) is 5.75 Å². The van der Waals surface area contributed by atoms with Crippen molar-refractivity contribution in [3.63, 3.8) is 0 Å². The number of fused-ring (bicyclic) bond motifs is 1. The van der Waals surface area contributed by atoms with E-state index in [9.17, 15) is 4.79 Å². The van der Waals surface area contributed by atoms with Gasteiger partial charge in [0.05, 0.1) is 30.0 Å². The van der Waals surface area contributed by atoms with Crippen molar-refractivity contribution in [2.24, 2.45) is 0 Å². The maximum absolute atomic E-state index is 12.3. The summed E-state index contributed by atoms with van der Waals surface area (Å²) in [5, 5.41) is 2.91. The van der Waals surface area contributed by atoms with Crippen molar-refractivity contribution in [1.82, 2.24) is 15.3 Å². The van der Waals surface area contributed by atoms with Crippen molar-refractivity contribution in [2.45, 2.75) is 6.54 Å². The number of para-hydroxylation sites is 2. The van der Waals surface area contributed by atoms with E-state index in [1.807, 2.05) is 36.4 Å². The summed E-state index contributed by atoms with van der Waals surface area (Å²) < 4.78 is 5.27. The van der Waals surface area contributed by atoms with Gasteiger partial charge in [0.2, 0.25) is 0 Å². The monoisotopic (exact) mass is 281 g/mol. The molecule has 1 heterocycles. The molecular formula is C16H15N3O2. The molecule has 3 aromatic rings. The van der Waals surface area contributed by atoms with Crippen LogP contribution in [-0.2, 0) is 6.54 Å². The van der Waals surface area contributed by atoms with Gasteiger partial charge in [-0.2, -0.15) is 0 Å². The van der Waals surface area contributed by atoms with Gasteiger partial charge in [-0.25, -0.2) is 4.98 Å². The van der Waals surface area contributed by atoms with Crippen LogP contribution in [0.4, 0.5) is 0 Å². The van der Waals surface area contributed by atoms with Crippen molar-refractivity contribution in [3.05, 3.63) is 59.9 Å². The number of nitrogens with one attached hydrogen (secondary N) is 2. The third-order valence-corrected chi connectivity index (χ3v) is 3.33. The van der Waals surface area contributed by atoms with Crippen LogP contribution in [0.1, 0.15) is 15.9 Å². The van der Waals surface area contributed by atoms with Gasteiger partial charge in [-0.15, -0.1) is 0 Å². The largest absolute Gasteiger partial charge is 0.496 e. The highest BCUT2D eigenvalue weighted by atomic mass is 16.5. The lowest BCUT2D eigenvalue weighted by atomic mass is 10.1. The molecule has 5 nitrogen and oxygen atoms in total. The highest BCUT2D eigenvalue weighted by molar-refractivity contribution is 6.04. The van der Waals surface area contributed by atoms with Crippen LogP contribution < -0.4 is 10.1 Å². The third-order valence-electron chi connectivity index (χ3n) is 3.33. The first-order chi connectivity index (χ1) is 10.3. The van der Waals surface area contributed by atoms with Crippen molar-refractivity contribution in [3.8, 4) is 5.75 Å². The minimum absolute atomic E-state index is 0.143. The number of aromatic amines is 1. The number of imidazole rings is 1. The fourth-order valence-electron chi connectivity index (χ4n) is 2.27. The number of benzene rings is 2. The van der Waals surface area contributed by atoms with Gasteiger partial charge in [-0.1, -0.05) is 24.3 Å². The molecule has 0 radical (unpaired) electrons. The van der Waals surface area contributed by atoms with Crippen LogP contribution in [0.25, 0.3) is 11.0 Å². The standard InChI is InChI=1S/C16H15N3O2/c1-21-14-8-3-2-5-11(14)9-17-16(20)12-6-4-7-13-15(12)19-10-18-13/h2-8,10H,9H2,1H3,(H,17,20)(H,18,19). The van der Waals surface area contributed by atoms with Crippen LogP contribution in [0, 0.1) is 0 Å². The lowest BCUT2D eigenvalue weighted by molar-refractivity contribution is 0.0952. The molecule has 21 heavy (non-hydrogen) atoms. The van der Waals surface area contributed by atoms with E-state index < -0.39 is 0 Å². The molecule has 5 heteroatoms. The molecule has 2 N–H and O–H groups in total. The van der Waals surface area contributed by atoms with Gasteiger partial charge in [0.1, 0.15) is 5.75 Å². The van der Waals surface area contributed by atoms with Crippen molar-refractivity contribution in [1.29, 1.82) is 0 Å². The van der Waals surface area contributed by atoms with E-state index in [2.05, 4.69) is 15.3 Å². The molecule has 0 saturated carbocycles. The average Bonchev–Trinajstić information content (AvgIpc) is 3.01. The summed E-state index contributed by atoms with van der Waals surface area (Å²) >= 11 is 0. The van der Waals surface area contributed by atoms with Gasteiger partial charge in [-0.3, -0.25) is 4.79 Å². The Labute approximate surface area is 122 Å². The number of rotatable bonds is 4. The number of ether oxygens (including phenoxy) is 1. The van der Waals surface area contributed by atoms with Gasteiger partial charge in [0, 0.05) is 12.1 Å². The number of aromatic nitrogens is 2. The fourth-order valence-corrected chi connectivity index (χ4v) is 2.27. The van der Waals surface area contributed by atoms with E-state index in [-0.39, 0.29) is 5.91 Å². The molecular weight excluding hydrogens is 266 g/mol. The number of nitrogens with zero attached hydrogens (tertiary/aromatic N) is 1. The second-order valence-corrected chi connectivity index (χ2v) is 4.60. The summed E-state index contributed by atoms with van der Waals surface area (Å²) in [6, 6.07) is 13.1. The highest BCUT2D eigenvalue weighted by Gasteiger charge is 2.11. The second kappa shape index (κ2) is 5.66. The Morgan fingerprint density at radius 1 is 1.24 bits per heavy atom. The molecule has 0 saturated heterocycles. The molecule has 0 aliphatic heterocycles. The Morgan fingerprint density at radius 2 is 2.10 bits per heavy atom. The van der Waals surface area contributed by atoms with Crippen molar-refractivity contribution < 1.29 is 9.53 Å². The Hall–Kier alpha value is -2.82. The van der Waals surface area contributed by atoms with Crippen LogP contribution in [0.3, 0.4) is 0 Å². The van der Waals surface area contributed by atoms with E-state index in [1.54, 1.807) is 19.5 Å². The van der Waals surface area contributed by atoms with Crippen molar-refractivity contribution in [2.75, 3.05) is 7.11 Å². The van der Waals surface area contributed by atoms with Gasteiger partial charge in [-0.05, 0) is 18.2 Å². The first kappa shape index (κ1) is 13.2. The Kier molecular flexibility index (Phi) is 3.55. The van der Waals surface area contributed by atoms with Crippen LogP contribution in [-0.4, -0.2) is 23.0 Å². The highest BCUT2D eigenvalue weighted by Crippen LogP contribution is 2.18. The first-order valence-electron chi connectivity index (χ1n) is 6.62. The molecule has 0 bridgehead atoms. The van der Waals surface area contributed by atoms with E-state index in [0.29, 0.717) is 12.1 Å². The average molecular weight is 281 g/mol. The predicted octanol–water partition coefficient (Wildman–Crippen LogP) is 2.50. The quantitative estimate of drug-likeness (QED) is 0.772. The summed E-state index contributed by atoms with van der Waals surface area (Å²) in [7, 11) is 1.62. The van der Waals surface area contributed by atoms with Gasteiger partial charge in [0.15, 0.2) is 0 Å². The Balaban J connectivity index is 1.79. The lowest BCUT2D eigenvalue weighted by Gasteiger charge is -2.09. The summed E-state index contributed by atoms with van der Waals surface area (Å²) in [4.78, 5) is 19.5. The maximum Gasteiger partial charge on any atom is 0.253 e. The van der Waals surface area contributed by atoms with E-state index >= 15 is 0 Å². The van der Waals surface area contributed by atoms with E-state index in [1.165, 1.54) is 0 Å². The van der Waals surface area contributed by atoms with E-state index in [0.717, 1.165) is 22.3 Å². The maximum atomic E-state index is 12.3. The molecule has 0 fully saturated rings. The topological polar surface area (TPSA) is 67.0 Å². The number of H-pyrrole nitrogens is 1. The van der Waals surface area contributed by atoms with Crippen LogP contribution in [0.2, 0.25) is 0 Å². The smallest absolute Gasteiger partial charge is 0.253 e. The molecule has 1 aromatic heterocycles. The minimum atomic E-state index is -0.143. The lowest BCUT2D eigenvalue weighted by Crippen LogP contribution is -2.23. The Bertz CT molecular complexity index is 780. The van der Waals surface area contributed by atoms with Gasteiger partial charge >= 0.3 is 0 Å². The molecule has 2 aromatic carbocycles.